The van der Waals surface area contributed by atoms with E-state index in [1.54, 1.807) is 6.07 Å². The highest BCUT2D eigenvalue weighted by Gasteiger charge is 2.11. The van der Waals surface area contributed by atoms with Crippen molar-refractivity contribution in [3.63, 3.8) is 0 Å². The third-order valence-electron chi connectivity index (χ3n) is 2.19. The average Bonchev–Trinajstić information content (AvgIpc) is 2.77. The Bertz CT molecular complexity index is 541. The molecule has 1 aromatic carbocycles. The molecule has 0 radical (unpaired) electrons. The summed E-state index contributed by atoms with van der Waals surface area (Å²) < 4.78 is 0. The van der Waals surface area contributed by atoms with Crippen molar-refractivity contribution in [3.05, 3.63) is 40.4 Å². The molecule has 2 rings (SSSR count). The first-order valence-corrected chi connectivity index (χ1v) is 6.31. The molecule has 6 heteroatoms. The number of hydrogen-bond donors (Lipinski definition) is 1. The number of hydrogen-bond acceptors (Lipinski definition) is 4. The van der Waals surface area contributed by atoms with Crippen LogP contribution in [0.15, 0.2) is 24.3 Å². The molecule has 1 heterocycles. The molecule has 0 saturated carbocycles. The van der Waals surface area contributed by atoms with E-state index in [1.807, 2.05) is 25.1 Å². The summed E-state index contributed by atoms with van der Waals surface area (Å²) in [6, 6.07) is 7.38. The SMILES string of the molecule is Cc1ccccc1C(=O)Nc1nnc(CCl)s1. The van der Waals surface area contributed by atoms with Crippen LogP contribution in [0.25, 0.3) is 0 Å². The minimum absolute atomic E-state index is 0.180. The summed E-state index contributed by atoms with van der Waals surface area (Å²) >= 11 is 6.89. The fourth-order valence-electron chi connectivity index (χ4n) is 1.35. The second-order valence-corrected chi connectivity index (χ2v) is 4.73. The zero-order chi connectivity index (χ0) is 12.3. The third-order valence-corrected chi connectivity index (χ3v) is 3.44. The van der Waals surface area contributed by atoms with E-state index in [0.717, 1.165) is 5.56 Å². The van der Waals surface area contributed by atoms with Crippen molar-refractivity contribution < 1.29 is 4.79 Å². The van der Waals surface area contributed by atoms with E-state index in [9.17, 15) is 4.79 Å². The topological polar surface area (TPSA) is 54.9 Å². The van der Waals surface area contributed by atoms with Gasteiger partial charge in [0.15, 0.2) is 0 Å². The van der Waals surface area contributed by atoms with Gasteiger partial charge in [0.2, 0.25) is 5.13 Å². The molecular weight excluding hydrogens is 258 g/mol. The molecule has 2 aromatic rings. The molecule has 1 aromatic heterocycles. The molecule has 4 nitrogen and oxygen atoms in total. The van der Waals surface area contributed by atoms with Gasteiger partial charge in [-0.2, -0.15) is 0 Å². The summed E-state index contributed by atoms with van der Waals surface area (Å²) in [6.07, 6.45) is 0. The van der Waals surface area contributed by atoms with Crippen molar-refractivity contribution in [3.8, 4) is 0 Å². The number of halogens is 1. The lowest BCUT2D eigenvalue weighted by Gasteiger charge is -2.03. The molecule has 0 atom stereocenters. The highest BCUT2D eigenvalue weighted by molar-refractivity contribution is 7.15. The van der Waals surface area contributed by atoms with Crippen molar-refractivity contribution >= 4 is 34.0 Å². The van der Waals surface area contributed by atoms with Crippen LogP contribution in [0.1, 0.15) is 20.9 Å². The lowest BCUT2D eigenvalue weighted by atomic mass is 10.1. The quantitative estimate of drug-likeness (QED) is 0.870. The second-order valence-electron chi connectivity index (χ2n) is 3.40. The lowest BCUT2D eigenvalue weighted by molar-refractivity contribution is 0.102. The summed E-state index contributed by atoms with van der Waals surface area (Å²) in [7, 11) is 0. The molecule has 0 aliphatic rings. The van der Waals surface area contributed by atoms with Gasteiger partial charge in [-0.15, -0.1) is 21.8 Å². The van der Waals surface area contributed by atoms with E-state index in [-0.39, 0.29) is 5.91 Å². The van der Waals surface area contributed by atoms with Gasteiger partial charge in [0.05, 0.1) is 5.88 Å². The van der Waals surface area contributed by atoms with E-state index in [4.69, 9.17) is 11.6 Å². The van der Waals surface area contributed by atoms with Crippen LogP contribution in [0.4, 0.5) is 5.13 Å². The molecule has 0 aliphatic carbocycles. The van der Waals surface area contributed by atoms with Gasteiger partial charge >= 0.3 is 0 Å². The van der Waals surface area contributed by atoms with Gasteiger partial charge in [0, 0.05) is 5.56 Å². The number of carbonyl (C=O) groups excluding carboxylic acids is 1. The van der Waals surface area contributed by atoms with Gasteiger partial charge in [-0.3, -0.25) is 10.1 Å². The molecule has 17 heavy (non-hydrogen) atoms. The van der Waals surface area contributed by atoms with Crippen LogP contribution in [0.3, 0.4) is 0 Å². The van der Waals surface area contributed by atoms with Gasteiger partial charge < -0.3 is 0 Å². The Kier molecular flexibility index (Phi) is 3.71. The number of aromatic nitrogens is 2. The van der Waals surface area contributed by atoms with Crippen molar-refractivity contribution in [1.29, 1.82) is 0 Å². The predicted octanol–water partition coefficient (Wildman–Crippen LogP) is 2.84. The Morgan fingerprint density at radius 2 is 2.18 bits per heavy atom. The van der Waals surface area contributed by atoms with E-state index >= 15 is 0 Å². The number of alkyl halides is 1. The molecular formula is C11H10ClN3OS. The molecule has 0 aliphatic heterocycles. The van der Waals surface area contributed by atoms with Crippen molar-refractivity contribution in [2.75, 3.05) is 5.32 Å². The molecule has 1 N–H and O–H groups in total. The Morgan fingerprint density at radius 3 is 2.82 bits per heavy atom. The van der Waals surface area contributed by atoms with Crippen LogP contribution in [-0.4, -0.2) is 16.1 Å². The Morgan fingerprint density at radius 1 is 1.41 bits per heavy atom. The fourth-order valence-corrected chi connectivity index (χ4v) is 2.15. The molecule has 0 spiro atoms. The van der Waals surface area contributed by atoms with Crippen LogP contribution in [0, 0.1) is 6.92 Å². The van der Waals surface area contributed by atoms with Crippen LogP contribution < -0.4 is 5.32 Å². The summed E-state index contributed by atoms with van der Waals surface area (Å²) in [5.74, 6) is 0.123. The molecule has 0 unspecified atom stereocenters. The van der Waals surface area contributed by atoms with E-state index in [1.165, 1.54) is 11.3 Å². The third kappa shape index (κ3) is 2.81. The van der Waals surface area contributed by atoms with Gasteiger partial charge in [-0.1, -0.05) is 29.5 Å². The predicted molar refractivity (Wildman–Crippen MR) is 68.6 cm³/mol. The number of nitrogens with zero attached hydrogens (tertiary/aromatic N) is 2. The summed E-state index contributed by atoms with van der Waals surface area (Å²) in [5.41, 5.74) is 1.56. The normalized spacial score (nSPS) is 10.2. The number of aryl methyl sites for hydroxylation is 1. The summed E-state index contributed by atoms with van der Waals surface area (Å²) in [5, 5.41) is 11.5. The number of rotatable bonds is 3. The smallest absolute Gasteiger partial charge is 0.257 e. The maximum atomic E-state index is 11.9. The van der Waals surface area contributed by atoms with Gasteiger partial charge in [-0.05, 0) is 18.6 Å². The highest BCUT2D eigenvalue weighted by Crippen LogP contribution is 2.18. The fraction of sp³-hybridized carbons (Fsp3) is 0.182. The largest absolute Gasteiger partial charge is 0.296 e. The number of amides is 1. The minimum Gasteiger partial charge on any atom is -0.296 e. The molecule has 0 saturated heterocycles. The lowest BCUT2D eigenvalue weighted by Crippen LogP contribution is -2.12. The zero-order valence-electron chi connectivity index (χ0n) is 9.11. The summed E-state index contributed by atoms with van der Waals surface area (Å²) in [6.45, 7) is 1.89. The zero-order valence-corrected chi connectivity index (χ0v) is 10.7. The van der Waals surface area contributed by atoms with E-state index in [2.05, 4.69) is 15.5 Å². The molecule has 88 valence electrons. The summed E-state index contributed by atoms with van der Waals surface area (Å²) in [4.78, 5) is 11.9. The number of anilines is 1. The standard InChI is InChI=1S/C11H10ClN3OS/c1-7-4-2-3-5-8(7)10(16)13-11-15-14-9(6-12)17-11/h2-5H,6H2,1H3,(H,13,15,16). The van der Waals surface area contributed by atoms with Crippen molar-refractivity contribution in [1.82, 2.24) is 10.2 Å². The first kappa shape index (κ1) is 12.0. The van der Waals surface area contributed by atoms with Gasteiger partial charge in [0.1, 0.15) is 5.01 Å². The molecule has 0 bridgehead atoms. The van der Waals surface area contributed by atoms with Gasteiger partial charge in [-0.25, -0.2) is 0 Å². The maximum Gasteiger partial charge on any atom is 0.257 e. The second kappa shape index (κ2) is 5.25. The van der Waals surface area contributed by atoms with Gasteiger partial charge in [0.25, 0.3) is 5.91 Å². The number of benzene rings is 1. The Hall–Kier alpha value is -1.46. The first-order chi connectivity index (χ1) is 8.20. The Balaban J connectivity index is 2.14. The van der Waals surface area contributed by atoms with E-state index < -0.39 is 0 Å². The van der Waals surface area contributed by atoms with Crippen molar-refractivity contribution in [2.45, 2.75) is 12.8 Å². The van der Waals surface area contributed by atoms with Crippen LogP contribution >= 0.6 is 22.9 Å². The number of carbonyl (C=O) groups is 1. The average molecular weight is 268 g/mol. The minimum atomic E-state index is -0.180. The maximum absolute atomic E-state index is 11.9. The van der Waals surface area contributed by atoms with Crippen LogP contribution in [0.2, 0.25) is 0 Å². The molecule has 1 amide bonds. The molecule has 0 fully saturated rings. The number of nitrogens with one attached hydrogen (secondary N) is 1. The monoisotopic (exact) mass is 267 g/mol. The van der Waals surface area contributed by atoms with E-state index in [0.29, 0.717) is 21.6 Å². The van der Waals surface area contributed by atoms with Crippen LogP contribution in [0.5, 0.6) is 0 Å². The highest BCUT2D eigenvalue weighted by atomic mass is 35.5. The Labute approximate surface area is 108 Å². The van der Waals surface area contributed by atoms with Crippen molar-refractivity contribution in [2.24, 2.45) is 0 Å². The first-order valence-electron chi connectivity index (χ1n) is 4.96. The van der Waals surface area contributed by atoms with Crippen LogP contribution in [-0.2, 0) is 5.88 Å².